The summed E-state index contributed by atoms with van der Waals surface area (Å²) in [5.41, 5.74) is 2.78. The second kappa shape index (κ2) is 8.28. The number of para-hydroxylation sites is 2. The molecule has 1 aromatic carbocycles. The standard InChI is InChI=1S/C19H22N4O2/c24-18(10-3-6-15-7-4-11-20-14-15)21-12-5-13-23-17-9-2-1-8-16(17)22-19(23)25/h1-2,4,7-9,11,14H,3,5-6,10,12-13H2,(H,21,24)(H,22,25). The minimum Gasteiger partial charge on any atom is -0.356 e. The number of fused-ring (bicyclic) bond motifs is 1. The van der Waals surface area contributed by atoms with Crippen molar-refractivity contribution in [3.05, 3.63) is 64.8 Å². The fraction of sp³-hybridized carbons (Fsp3) is 0.316. The Labute approximate surface area is 145 Å². The number of benzene rings is 1. The molecule has 1 amide bonds. The molecule has 0 aliphatic heterocycles. The highest BCUT2D eigenvalue weighted by atomic mass is 16.2. The number of hydrogen-bond donors (Lipinski definition) is 2. The topological polar surface area (TPSA) is 79.8 Å². The van der Waals surface area contributed by atoms with Crippen LogP contribution in [0.25, 0.3) is 11.0 Å². The fourth-order valence-corrected chi connectivity index (χ4v) is 2.88. The number of H-pyrrole nitrogens is 1. The molecule has 0 aliphatic carbocycles. The molecule has 6 nitrogen and oxygen atoms in total. The van der Waals surface area contributed by atoms with Crippen LogP contribution in [0.4, 0.5) is 0 Å². The summed E-state index contributed by atoms with van der Waals surface area (Å²) < 4.78 is 1.71. The molecule has 3 rings (SSSR count). The number of aromatic amines is 1. The van der Waals surface area contributed by atoms with E-state index in [-0.39, 0.29) is 11.6 Å². The molecule has 0 radical (unpaired) electrons. The monoisotopic (exact) mass is 338 g/mol. The van der Waals surface area contributed by atoms with Gasteiger partial charge in [0.15, 0.2) is 0 Å². The van der Waals surface area contributed by atoms with Gasteiger partial charge in [-0.2, -0.15) is 0 Å². The van der Waals surface area contributed by atoms with E-state index in [1.807, 2.05) is 42.6 Å². The third kappa shape index (κ3) is 4.56. The molecule has 6 heteroatoms. The van der Waals surface area contributed by atoms with E-state index in [4.69, 9.17) is 0 Å². The Hall–Kier alpha value is -2.89. The fourth-order valence-electron chi connectivity index (χ4n) is 2.88. The zero-order chi connectivity index (χ0) is 17.5. The van der Waals surface area contributed by atoms with E-state index in [0.29, 0.717) is 19.5 Å². The van der Waals surface area contributed by atoms with E-state index >= 15 is 0 Å². The zero-order valence-electron chi connectivity index (χ0n) is 14.1. The molecule has 0 saturated carbocycles. The van der Waals surface area contributed by atoms with E-state index in [1.54, 1.807) is 10.8 Å². The first-order chi connectivity index (χ1) is 12.2. The lowest BCUT2D eigenvalue weighted by atomic mass is 10.1. The maximum atomic E-state index is 12.0. The largest absolute Gasteiger partial charge is 0.356 e. The summed E-state index contributed by atoms with van der Waals surface area (Å²) >= 11 is 0. The number of carbonyl (C=O) groups excluding carboxylic acids is 1. The number of hydrogen-bond acceptors (Lipinski definition) is 3. The predicted octanol–water partition coefficient (Wildman–Crippen LogP) is 2.25. The van der Waals surface area contributed by atoms with Crippen LogP contribution in [0.5, 0.6) is 0 Å². The normalized spacial score (nSPS) is 10.9. The molecule has 2 N–H and O–H groups in total. The summed E-state index contributed by atoms with van der Waals surface area (Å²) in [7, 11) is 0. The van der Waals surface area contributed by atoms with Gasteiger partial charge in [-0.3, -0.25) is 14.3 Å². The van der Waals surface area contributed by atoms with Crippen molar-refractivity contribution >= 4 is 16.9 Å². The van der Waals surface area contributed by atoms with Crippen molar-refractivity contribution in [3.63, 3.8) is 0 Å². The average molecular weight is 338 g/mol. The summed E-state index contributed by atoms with van der Waals surface area (Å²) in [4.78, 5) is 30.7. The van der Waals surface area contributed by atoms with Crippen molar-refractivity contribution in [2.24, 2.45) is 0 Å². The first-order valence-corrected chi connectivity index (χ1v) is 8.57. The van der Waals surface area contributed by atoms with E-state index < -0.39 is 0 Å². The van der Waals surface area contributed by atoms with Gasteiger partial charge in [0, 0.05) is 31.9 Å². The van der Waals surface area contributed by atoms with Crippen molar-refractivity contribution in [1.29, 1.82) is 0 Å². The van der Waals surface area contributed by atoms with Crippen LogP contribution >= 0.6 is 0 Å². The van der Waals surface area contributed by atoms with E-state index in [1.165, 1.54) is 0 Å². The van der Waals surface area contributed by atoms with Gasteiger partial charge in [0.2, 0.25) is 5.91 Å². The number of aryl methyl sites for hydroxylation is 2. The quantitative estimate of drug-likeness (QED) is 0.618. The lowest BCUT2D eigenvalue weighted by molar-refractivity contribution is -0.121. The minimum absolute atomic E-state index is 0.0511. The second-order valence-electron chi connectivity index (χ2n) is 6.02. The SMILES string of the molecule is O=C(CCCc1cccnc1)NCCCn1c(=O)[nH]c2ccccc21. The Kier molecular flexibility index (Phi) is 5.61. The molecular formula is C19H22N4O2. The van der Waals surface area contributed by atoms with Crippen LogP contribution in [0.2, 0.25) is 0 Å². The predicted molar refractivity (Wildman–Crippen MR) is 97.4 cm³/mol. The van der Waals surface area contributed by atoms with Crippen molar-refractivity contribution < 1.29 is 4.79 Å². The molecule has 0 unspecified atom stereocenters. The number of imidazole rings is 1. The summed E-state index contributed by atoms with van der Waals surface area (Å²) in [6, 6.07) is 11.5. The van der Waals surface area contributed by atoms with Gasteiger partial charge in [0.1, 0.15) is 0 Å². The molecule has 0 spiro atoms. The van der Waals surface area contributed by atoms with Gasteiger partial charge >= 0.3 is 5.69 Å². The zero-order valence-corrected chi connectivity index (χ0v) is 14.1. The molecule has 2 heterocycles. The maximum absolute atomic E-state index is 12.0. The number of nitrogens with zero attached hydrogens (tertiary/aromatic N) is 2. The van der Waals surface area contributed by atoms with Crippen molar-refractivity contribution in [2.45, 2.75) is 32.2 Å². The first kappa shape index (κ1) is 17.0. The van der Waals surface area contributed by atoms with Gasteiger partial charge in [-0.25, -0.2) is 4.79 Å². The average Bonchev–Trinajstić information content (AvgIpc) is 2.95. The Morgan fingerprint density at radius 2 is 2.04 bits per heavy atom. The number of aromatic nitrogens is 3. The molecule has 0 saturated heterocycles. The van der Waals surface area contributed by atoms with Gasteiger partial charge in [0.25, 0.3) is 0 Å². The molecule has 0 fully saturated rings. The van der Waals surface area contributed by atoms with E-state index in [2.05, 4.69) is 15.3 Å². The van der Waals surface area contributed by atoms with Crippen molar-refractivity contribution in [3.8, 4) is 0 Å². The van der Waals surface area contributed by atoms with Gasteiger partial charge in [-0.05, 0) is 43.0 Å². The van der Waals surface area contributed by atoms with Crippen LogP contribution in [0.15, 0.2) is 53.6 Å². The summed E-state index contributed by atoms with van der Waals surface area (Å²) in [6.45, 7) is 1.15. The highest BCUT2D eigenvalue weighted by Gasteiger charge is 2.06. The van der Waals surface area contributed by atoms with Gasteiger partial charge < -0.3 is 10.3 Å². The van der Waals surface area contributed by atoms with E-state index in [9.17, 15) is 9.59 Å². The van der Waals surface area contributed by atoms with Gasteiger partial charge in [-0.1, -0.05) is 18.2 Å². The van der Waals surface area contributed by atoms with Crippen LogP contribution in [0.3, 0.4) is 0 Å². The number of amides is 1. The molecule has 130 valence electrons. The Bertz CT molecular complexity index is 883. The highest BCUT2D eigenvalue weighted by Crippen LogP contribution is 2.09. The van der Waals surface area contributed by atoms with Crippen LogP contribution in [0.1, 0.15) is 24.8 Å². The molecule has 0 atom stereocenters. The number of pyridine rings is 1. The minimum atomic E-state index is -0.107. The molecule has 3 aromatic rings. The smallest absolute Gasteiger partial charge is 0.326 e. The highest BCUT2D eigenvalue weighted by molar-refractivity contribution is 5.76. The first-order valence-electron chi connectivity index (χ1n) is 8.57. The number of carbonyl (C=O) groups is 1. The summed E-state index contributed by atoms with van der Waals surface area (Å²) in [6.07, 6.45) is 6.45. The molecular weight excluding hydrogens is 316 g/mol. The Balaban J connectivity index is 1.38. The number of rotatable bonds is 8. The van der Waals surface area contributed by atoms with Gasteiger partial charge in [-0.15, -0.1) is 0 Å². The van der Waals surface area contributed by atoms with Crippen molar-refractivity contribution in [2.75, 3.05) is 6.54 Å². The van der Waals surface area contributed by atoms with Crippen LogP contribution in [-0.4, -0.2) is 27.0 Å². The Morgan fingerprint density at radius 3 is 2.88 bits per heavy atom. The third-order valence-corrected chi connectivity index (χ3v) is 4.15. The van der Waals surface area contributed by atoms with Gasteiger partial charge in [0.05, 0.1) is 11.0 Å². The molecule has 2 aromatic heterocycles. The van der Waals surface area contributed by atoms with E-state index in [0.717, 1.165) is 35.9 Å². The molecule has 0 aliphatic rings. The van der Waals surface area contributed by atoms with Crippen LogP contribution in [0, 0.1) is 0 Å². The van der Waals surface area contributed by atoms with Crippen LogP contribution < -0.4 is 11.0 Å². The summed E-state index contributed by atoms with van der Waals surface area (Å²) in [5, 5.41) is 2.92. The molecule has 0 bridgehead atoms. The lowest BCUT2D eigenvalue weighted by Crippen LogP contribution is -2.26. The lowest BCUT2D eigenvalue weighted by Gasteiger charge is -2.06. The Morgan fingerprint density at radius 1 is 1.16 bits per heavy atom. The second-order valence-corrected chi connectivity index (χ2v) is 6.02. The maximum Gasteiger partial charge on any atom is 0.326 e. The number of nitrogens with one attached hydrogen (secondary N) is 2. The van der Waals surface area contributed by atoms with Crippen molar-refractivity contribution in [1.82, 2.24) is 19.9 Å². The third-order valence-electron chi connectivity index (χ3n) is 4.15. The summed E-state index contributed by atoms with van der Waals surface area (Å²) in [5.74, 6) is 0.0511. The molecule has 25 heavy (non-hydrogen) atoms. The van der Waals surface area contributed by atoms with Crippen LogP contribution in [-0.2, 0) is 17.8 Å².